The van der Waals surface area contributed by atoms with Crippen molar-refractivity contribution in [2.75, 3.05) is 26.2 Å². The van der Waals surface area contributed by atoms with Crippen molar-refractivity contribution in [1.82, 2.24) is 9.80 Å². The standard InChI is InChI=1S/C20H26N2O4/c23-18(12-15-6-2-1-3-7-15)21-10-4-8-16(13-21)19(24)22-11-5-9-17(14-22)20(25)26/h1-3,6-7,16-17H,4-5,8-14H2,(H,25,26). The van der Waals surface area contributed by atoms with Gasteiger partial charge in [-0.15, -0.1) is 0 Å². The lowest BCUT2D eigenvalue weighted by molar-refractivity contribution is -0.147. The zero-order valence-electron chi connectivity index (χ0n) is 15.0. The topological polar surface area (TPSA) is 77.9 Å². The second-order valence-corrected chi connectivity index (χ2v) is 7.30. The van der Waals surface area contributed by atoms with E-state index in [9.17, 15) is 19.5 Å². The molecular weight excluding hydrogens is 332 g/mol. The number of likely N-dealkylation sites (tertiary alicyclic amines) is 2. The molecule has 1 aromatic carbocycles. The molecular formula is C20H26N2O4. The fraction of sp³-hybridized carbons (Fsp3) is 0.550. The maximum atomic E-state index is 12.8. The summed E-state index contributed by atoms with van der Waals surface area (Å²) in [5, 5.41) is 9.21. The van der Waals surface area contributed by atoms with Gasteiger partial charge in [-0.25, -0.2) is 0 Å². The highest BCUT2D eigenvalue weighted by Gasteiger charge is 2.34. The van der Waals surface area contributed by atoms with Crippen molar-refractivity contribution in [3.8, 4) is 0 Å². The van der Waals surface area contributed by atoms with Crippen LogP contribution < -0.4 is 0 Å². The Morgan fingerprint density at radius 1 is 0.923 bits per heavy atom. The van der Waals surface area contributed by atoms with Crippen LogP contribution in [0, 0.1) is 11.8 Å². The van der Waals surface area contributed by atoms with Crippen LogP contribution in [0.5, 0.6) is 0 Å². The fourth-order valence-corrected chi connectivity index (χ4v) is 3.92. The molecule has 26 heavy (non-hydrogen) atoms. The third-order valence-corrected chi connectivity index (χ3v) is 5.40. The summed E-state index contributed by atoms with van der Waals surface area (Å²) in [6.45, 7) is 2.05. The summed E-state index contributed by atoms with van der Waals surface area (Å²) in [7, 11) is 0. The molecule has 3 rings (SSSR count). The molecule has 6 heteroatoms. The van der Waals surface area contributed by atoms with E-state index in [4.69, 9.17) is 0 Å². The van der Waals surface area contributed by atoms with Crippen molar-refractivity contribution in [3.63, 3.8) is 0 Å². The van der Waals surface area contributed by atoms with Crippen LogP contribution in [0.25, 0.3) is 0 Å². The van der Waals surface area contributed by atoms with Crippen LogP contribution in [0.2, 0.25) is 0 Å². The van der Waals surface area contributed by atoms with Gasteiger partial charge >= 0.3 is 5.97 Å². The van der Waals surface area contributed by atoms with Gasteiger partial charge < -0.3 is 14.9 Å². The van der Waals surface area contributed by atoms with Crippen molar-refractivity contribution in [2.24, 2.45) is 11.8 Å². The minimum atomic E-state index is -0.828. The summed E-state index contributed by atoms with van der Waals surface area (Å²) in [5.74, 6) is -1.45. The normalized spacial score (nSPS) is 23.5. The van der Waals surface area contributed by atoms with Gasteiger partial charge in [0, 0.05) is 26.2 Å². The first-order valence-electron chi connectivity index (χ1n) is 9.38. The van der Waals surface area contributed by atoms with Crippen molar-refractivity contribution in [3.05, 3.63) is 35.9 Å². The minimum absolute atomic E-state index is 0.00756. The molecule has 2 atom stereocenters. The number of carbonyl (C=O) groups excluding carboxylic acids is 2. The molecule has 0 bridgehead atoms. The molecule has 0 aromatic heterocycles. The summed E-state index contributed by atoms with van der Waals surface area (Å²) in [5.41, 5.74) is 0.978. The van der Waals surface area contributed by atoms with Crippen molar-refractivity contribution < 1.29 is 19.5 Å². The molecule has 0 aliphatic carbocycles. The third kappa shape index (κ3) is 4.42. The van der Waals surface area contributed by atoms with Gasteiger partial charge in [-0.1, -0.05) is 30.3 Å². The maximum Gasteiger partial charge on any atom is 0.308 e. The highest BCUT2D eigenvalue weighted by atomic mass is 16.4. The molecule has 2 unspecified atom stereocenters. The number of carboxylic acid groups (broad SMARTS) is 1. The Kier molecular flexibility index (Phi) is 5.91. The molecule has 2 amide bonds. The Labute approximate surface area is 153 Å². The number of nitrogens with zero attached hydrogens (tertiary/aromatic N) is 2. The largest absolute Gasteiger partial charge is 0.481 e. The quantitative estimate of drug-likeness (QED) is 0.890. The number of carboxylic acids is 1. The van der Waals surface area contributed by atoms with Gasteiger partial charge in [-0.05, 0) is 31.2 Å². The van der Waals surface area contributed by atoms with Crippen LogP contribution in [0.1, 0.15) is 31.2 Å². The number of amides is 2. The summed E-state index contributed by atoms with van der Waals surface area (Å²) in [6, 6.07) is 9.63. The zero-order valence-corrected chi connectivity index (χ0v) is 15.0. The molecule has 0 radical (unpaired) electrons. The molecule has 2 aliphatic rings. The highest BCUT2D eigenvalue weighted by Crippen LogP contribution is 2.24. The predicted octanol–water partition coefficient (Wildman–Crippen LogP) is 1.79. The molecule has 2 fully saturated rings. The highest BCUT2D eigenvalue weighted by molar-refractivity contribution is 5.83. The van der Waals surface area contributed by atoms with Crippen LogP contribution in [0.3, 0.4) is 0 Å². The zero-order chi connectivity index (χ0) is 18.5. The van der Waals surface area contributed by atoms with E-state index in [1.807, 2.05) is 30.3 Å². The first-order chi connectivity index (χ1) is 12.5. The summed E-state index contributed by atoms with van der Waals surface area (Å²) in [4.78, 5) is 40.1. The average Bonchev–Trinajstić information content (AvgIpc) is 2.68. The number of hydrogen-bond donors (Lipinski definition) is 1. The van der Waals surface area contributed by atoms with Crippen LogP contribution in [0.15, 0.2) is 30.3 Å². The van der Waals surface area contributed by atoms with Crippen LogP contribution in [-0.2, 0) is 20.8 Å². The second kappa shape index (κ2) is 8.34. The Hall–Kier alpha value is -2.37. The van der Waals surface area contributed by atoms with Crippen molar-refractivity contribution >= 4 is 17.8 Å². The number of hydrogen-bond acceptors (Lipinski definition) is 3. The molecule has 2 heterocycles. The molecule has 0 saturated carbocycles. The molecule has 6 nitrogen and oxygen atoms in total. The van der Waals surface area contributed by atoms with Gasteiger partial charge in [0.25, 0.3) is 0 Å². The van der Waals surface area contributed by atoms with Crippen LogP contribution in [-0.4, -0.2) is 58.9 Å². The molecule has 140 valence electrons. The van der Waals surface area contributed by atoms with E-state index in [-0.39, 0.29) is 17.7 Å². The Morgan fingerprint density at radius 3 is 2.23 bits per heavy atom. The minimum Gasteiger partial charge on any atom is -0.481 e. The number of benzene rings is 1. The summed E-state index contributed by atoms with van der Waals surface area (Å²) in [6.07, 6.45) is 3.29. The monoisotopic (exact) mass is 358 g/mol. The molecule has 1 aromatic rings. The van der Waals surface area contributed by atoms with E-state index < -0.39 is 11.9 Å². The van der Waals surface area contributed by atoms with Crippen LogP contribution in [0.4, 0.5) is 0 Å². The van der Waals surface area contributed by atoms with Gasteiger partial charge in [0.1, 0.15) is 0 Å². The second-order valence-electron chi connectivity index (χ2n) is 7.30. The lowest BCUT2D eigenvalue weighted by Crippen LogP contribution is -2.50. The number of piperidine rings is 2. The Balaban J connectivity index is 1.58. The van der Waals surface area contributed by atoms with E-state index in [1.54, 1.807) is 9.80 Å². The molecule has 2 aliphatic heterocycles. The van der Waals surface area contributed by atoms with E-state index in [0.29, 0.717) is 39.0 Å². The smallest absolute Gasteiger partial charge is 0.308 e. The van der Waals surface area contributed by atoms with E-state index >= 15 is 0 Å². The first-order valence-corrected chi connectivity index (χ1v) is 9.38. The van der Waals surface area contributed by atoms with Gasteiger partial charge in [0.15, 0.2) is 0 Å². The van der Waals surface area contributed by atoms with Gasteiger partial charge in [-0.3, -0.25) is 14.4 Å². The third-order valence-electron chi connectivity index (χ3n) is 5.40. The SMILES string of the molecule is O=C(O)C1CCCN(C(=O)C2CCCN(C(=O)Cc3ccccc3)C2)C1. The predicted molar refractivity (Wildman–Crippen MR) is 96.4 cm³/mol. The van der Waals surface area contributed by atoms with Gasteiger partial charge in [-0.2, -0.15) is 0 Å². The van der Waals surface area contributed by atoms with Crippen molar-refractivity contribution in [2.45, 2.75) is 32.1 Å². The Morgan fingerprint density at radius 2 is 1.54 bits per heavy atom. The number of carbonyl (C=O) groups is 3. The number of aliphatic carboxylic acids is 1. The average molecular weight is 358 g/mol. The lowest BCUT2D eigenvalue weighted by Gasteiger charge is -2.37. The van der Waals surface area contributed by atoms with E-state index in [1.165, 1.54) is 0 Å². The maximum absolute atomic E-state index is 12.8. The molecule has 1 N–H and O–H groups in total. The number of rotatable bonds is 4. The van der Waals surface area contributed by atoms with Gasteiger partial charge in [0.2, 0.25) is 11.8 Å². The van der Waals surface area contributed by atoms with Gasteiger partial charge in [0.05, 0.1) is 18.3 Å². The summed E-state index contributed by atoms with van der Waals surface area (Å²) < 4.78 is 0. The lowest BCUT2D eigenvalue weighted by atomic mass is 9.93. The van der Waals surface area contributed by atoms with E-state index in [0.717, 1.165) is 24.8 Å². The van der Waals surface area contributed by atoms with E-state index in [2.05, 4.69) is 0 Å². The molecule has 2 saturated heterocycles. The first kappa shape index (κ1) is 18.4. The van der Waals surface area contributed by atoms with Crippen LogP contribution >= 0.6 is 0 Å². The van der Waals surface area contributed by atoms with Crippen molar-refractivity contribution in [1.29, 1.82) is 0 Å². The Bertz CT molecular complexity index is 661. The summed E-state index contributed by atoms with van der Waals surface area (Å²) >= 11 is 0. The fourth-order valence-electron chi connectivity index (χ4n) is 3.92. The molecule has 0 spiro atoms.